The number of rotatable bonds is 7. The minimum atomic E-state index is 0.222. The second kappa shape index (κ2) is 4.41. The summed E-state index contributed by atoms with van der Waals surface area (Å²) >= 11 is 0. The maximum atomic E-state index is 11.4. The van der Waals surface area contributed by atoms with E-state index in [9.17, 15) is 4.79 Å². The van der Waals surface area contributed by atoms with Crippen LogP contribution in [0.2, 0.25) is 0 Å². The predicted molar refractivity (Wildman–Crippen MR) is 54.2 cm³/mol. The Morgan fingerprint density at radius 2 is 2.07 bits per heavy atom. The normalized spacial score (nSPS) is 21.6. The standard InChI is InChI=1S/C11H19NO2/c1-14-8-11(13)7-12(10-4-5-10)6-9-2-3-9/h9-10H,2-8H2,1H3. The van der Waals surface area contributed by atoms with Crippen molar-refractivity contribution in [2.75, 3.05) is 26.8 Å². The van der Waals surface area contributed by atoms with Gasteiger partial charge in [0, 0.05) is 19.7 Å². The van der Waals surface area contributed by atoms with Gasteiger partial charge in [0.05, 0.1) is 6.54 Å². The summed E-state index contributed by atoms with van der Waals surface area (Å²) in [7, 11) is 1.58. The molecule has 0 radical (unpaired) electrons. The molecular formula is C11H19NO2. The van der Waals surface area contributed by atoms with Crippen LogP contribution in [0, 0.1) is 5.92 Å². The molecule has 3 nitrogen and oxygen atoms in total. The summed E-state index contributed by atoms with van der Waals surface area (Å²) in [5.74, 6) is 1.10. The van der Waals surface area contributed by atoms with Crippen LogP contribution < -0.4 is 0 Å². The maximum absolute atomic E-state index is 11.4. The SMILES string of the molecule is COCC(=O)CN(CC1CC1)C1CC1. The number of Topliss-reactive ketones (excluding diaryl/α,β-unsaturated/α-hetero) is 1. The predicted octanol–water partition coefficient (Wildman–Crippen LogP) is 1.08. The zero-order valence-electron chi connectivity index (χ0n) is 8.87. The minimum Gasteiger partial charge on any atom is -0.377 e. The van der Waals surface area contributed by atoms with E-state index in [1.54, 1.807) is 7.11 Å². The fraction of sp³-hybridized carbons (Fsp3) is 0.909. The van der Waals surface area contributed by atoms with Gasteiger partial charge in [0.15, 0.2) is 5.78 Å². The van der Waals surface area contributed by atoms with Gasteiger partial charge in [-0.3, -0.25) is 9.69 Å². The Hall–Kier alpha value is -0.410. The highest BCUT2D eigenvalue weighted by molar-refractivity contribution is 5.81. The van der Waals surface area contributed by atoms with Gasteiger partial charge in [0.25, 0.3) is 0 Å². The smallest absolute Gasteiger partial charge is 0.172 e. The molecule has 0 atom stereocenters. The Bertz CT molecular complexity index is 209. The van der Waals surface area contributed by atoms with Crippen molar-refractivity contribution in [3.8, 4) is 0 Å². The highest BCUT2D eigenvalue weighted by Gasteiger charge is 2.34. The summed E-state index contributed by atoms with van der Waals surface area (Å²) in [4.78, 5) is 13.8. The van der Waals surface area contributed by atoms with Crippen LogP contribution in [-0.4, -0.2) is 43.5 Å². The lowest BCUT2D eigenvalue weighted by Gasteiger charge is -2.20. The van der Waals surface area contributed by atoms with Gasteiger partial charge in [-0.25, -0.2) is 0 Å². The van der Waals surface area contributed by atoms with Gasteiger partial charge in [-0.2, -0.15) is 0 Å². The molecule has 0 aromatic heterocycles. The zero-order valence-corrected chi connectivity index (χ0v) is 8.87. The van der Waals surface area contributed by atoms with E-state index in [1.807, 2.05) is 0 Å². The molecule has 0 N–H and O–H groups in total. The summed E-state index contributed by atoms with van der Waals surface area (Å²) in [5, 5.41) is 0. The third-order valence-electron chi connectivity index (χ3n) is 2.94. The Balaban J connectivity index is 1.74. The number of carbonyl (C=O) groups is 1. The molecule has 14 heavy (non-hydrogen) atoms. The number of hydrogen-bond donors (Lipinski definition) is 0. The molecule has 0 aromatic rings. The number of nitrogens with zero attached hydrogens (tertiary/aromatic N) is 1. The highest BCUT2D eigenvalue weighted by atomic mass is 16.5. The number of ketones is 1. The molecule has 2 aliphatic carbocycles. The monoisotopic (exact) mass is 197 g/mol. The van der Waals surface area contributed by atoms with Crippen LogP contribution in [0.1, 0.15) is 25.7 Å². The van der Waals surface area contributed by atoms with E-state index in [0.29, 0.717) is 12.6 Å². The Kier molecular flexibility index (Phi) is 3.19. The van der Waals surface area contributed by atoms with Gasteiger partial charge in [-0.15, -0.1) is 0 Å². The summed E-state index contributed by atoms with van der Waals surface area (Å²) in [6.07, 6.45) is 5.29. The van der Waals surface area contributed by atoms with Crippen molar-refractivity contribution in [1.29, 1.82) is 0 Å². The molecule has 0 unspecified atom stereocenters. The van der Waals surface area contributed by atoms with E-state index in [-0.39, 0.29) is 12.4 Å². The molecule has 2 fully saturated rings. The third-order valence-corrected chi connectivity index (χ3v) is 2.94. The van der Waals surface area contributed by atoms with Crippen LogP contribution in [-0.2, 0) is 9.53 Å². The Morgan fingerprint density at radius 3 is 2.57 bits per heavy atom. The van der Waals surface area contributed by atoms with Gasteiger partial charge in [-0.1, -0.05) is 0 Å². The topological polar surface area (TPSA) is 29.5 Å². The molecule has 0 aromatic carbocycles. The van der Waals surface area contributed by atoms with Crippen molar-refractivity contribution >= 4 is 5.78 Å². The summed E-state index contributed by atoms with van der Waals surface area (Å²) in [5.41, 5.74) is 0. The average Bonchev–Trinajstić information content (AvgIpc) is 3.00. The molecule has 3 heteroatoms. The summed E-state index contributed by atoms with van der Waals surface area (Å²) < 4.78 is 4.85. The molecule has 2 rings (SSSR count). The fourth-order valence-electron chi connectivity index (χ4n) is 1.85. The Morgan fingerprint density at radius 1 is 1.36 bits per heavy atom. The lowest BCUT2D eigenvalue weighted by atomic mass is 10.3. The molecule has 0 aliphatic heterocycles. The molecule has 2 saturated carbocycles. The van der Waals surface area contributed by atoms with Crippen LogP contribution in [0.4, 0.5) is 0 Å². The second-order valence-corrected chi connectivity index (χ2v) is 4.58. The first-order chi connectivity index (χ1) is 6.79. The summed E-state index contributed by atoms with van der Waals surface area (Å²) in [6.45, 7) is 2.02. The highest BCUT2D eigenvalue weighted by Crippen LogP contribution is 2.34. The van der Waals surface area contributed by atoms with E-state index < -0.39 is 0 Å². The number of ether oxygens (including phenoxy) is 1. The number of hydrogen-bond acceptors (Lipinski definition) is 3. The van der Waals surface area contributed by atoms with Gasteiger partial charge in [0.2, 0.25) is 0 Å². The van der Waals surface area contributed by atoms with Gasteiger partial charge < -0.3 is 4.74 Å². The number of carbonyl (C=O) groups excluding carboxylic acids is 1. The van der Waals surface area contributed by atoms with Crippen LogP contribution >= 0.6 is 0 Å². The first kappa shape index (κ1) is 10.1. The van der Waals surface area contributed by atoms with Crippen molar-refractivity contribution in [2.45, 2.75) is 31.7 Å². The first-order valence-electron chi connectivity index (χ1n) is 5.54. The van der Waals surface area contributed by atoms with Gasteiger partial charge in [0.1, 0.15) is 6.61 Å². The van der Waals surface area contributed by atoms with E-state index in [1.165, 1.54) is 25.7 Å². The van der Waals surface area contributed by atoms with Crippen molar-refractivity contribution in [3.63, 3.8) is 0 Å². The van der Waals surface area contributed by atoms with Crippen LogP contribution in [0.15, 0.2) is 0 Å². The molecular weight excluding hydrogens is 178 g/mol. The largest absolute Gasteiger partial charge is 0.377 e. The van der Waals surface area contributed by atoms with Gasteiger partial charge >= 0.3 is 0 Å². The van der Waals surface area contributed by atoms with Crippen LogP contribution in [0.3, 0.4) is 0 Å². The number of methoxy groups -OCH3 is 1. The zero-order chi connectivity index (χ0) is 9.97. The summed E-state index contributed by atoms with van der Waals surface area (Å²) in [6, 6.07) is 0.705. The second-order valence-electron chi connectivity index (χ2n) is 4.58. The lowest BCUT2D eigenvalue weighted by molar-refractivity contribution is -0.124. The fourth-order valence-corrected chi connectivity index (χ4v) is 1.85. The van der Waals surface area contributed by atoms with Gasteiger partial charge in [-0.05, 0) is 31.6 Å². The van der Waals surface area contributed by atoms with E-state index in [4.69, 9.17) is 4.74 Å². The van der Waals surface area contributed by atoms with E-state index in [2.05, 4.69) is 4.90 Å². The van der Waals surface area contributed by atoms with E-state index >= 15 is 0 Å². The van der Waals surface area contributed by atoms with Crippen LogP contribution in [0.5, 0.6) is 0 Å². The van der Waals surface area contributed by atoms with Crippen molar-refractivity contribution < 1.29 is 9.53 Å². The minimum absolute atomic E-state index is 0.222. The van der Waals surface area contributed by atoms with Crippen molar-refractivity contribution in [3.05, 3.63) is 0 Å². The third kappa shape index (κ3) is 3.07. The molecule has 0 bridgehead atoms. The molecule has 80 valence electrons. The van der Waals surface area contributed by atoms with Crippen LogP contribution in [0.25, 0.3) is 0 Å². The molecule has 0 amide bonds. The van der Waals surface area contributed by atoms with E-state index in [0.717, 1.165) is 12.5 Å². The lowest BCUT2D eigenvalue weighted by Crippen LogP contribution is -2.35. The molecule has 0 heterocycles. The molecule has 0 spiro atoms. The average molecular weight is 197 g/mol. The quantitative estimate of drug-likeness (QED) is 0.611. The van der Waals surface area contributed by atoms with Crippen molar-refractivity contribution in [2.24, 2.45) is 5.92 Å². The maximum Gasteiger partial charge on any atom is 0.172 e. The molecule has 2 aliphatic rings. The first-order valence-corrected chi connectivity index (χ1v) is 5.54. The molecule has 0 saturated heterocycles. The van der Waals surface area contributed by atoms with Crippen molar-refractivity contribution in [1.82, 2.24) is 4.90 Å². The Labute approximate surface area is 85.4 Å².